The predicted molar refractivity (Wildman–Crippen MR) is 309 cm³/mol. The van der Waals surface area contributed by atoms with Crippen molar-refractivity contribution in [2.45, 2.75) is 12.3 Å². The summed E-state index contributed by atoms with van der Waals surface area (Å²) in [6.45, 7) is 0. The second kappa shape index (κ2) is 17.4. The lowest BCUT2D eigenvalue weighted by molar-refractivity contribution is 0.820. The van der Waals surface area contributed by atoms with Crippen molar-refractivity contribution in [3.63, 3.8) is 0 Å². The van der Waals surface area contributed by atoms with E-state index in [1.165, 1.54) is 60.5 Å². The number of aromatic nitrogens is 6. The minimum Gasteiger partial charge on any atom is -0.310 e. The molecular weight excluding hydrogens is 913 g/mol. The summed E-state index contributed by atoms with van der Waals surface area (Å²) in [5.74, 6) is 2.04. The van der Waals surface area contributed by atoms with Gasteiger partial charge in [0.05, 0.1) is 39.0 Å². The molecule has 1 atom stereocenters. The Hall–Kier alpha value is -9.91. The molecule has 0 radical (unpaired) electrons. The van der Waals surface area contributed by atoms with Gasteiger partial charge in [0.1, 0.15) is 0 Å². The standard InChI is InChI=1S/C69H46N6/c1-5-20-45(21-6-1)67-70-68(46-22-7-2-8-23-46)72-69(71-67)49-38-41-62(75-59-32-16-13-28-53(59)54-29-14-17-33-60(54)75)57(43-49)48-36-39-55-58-42-47(37-40-63(58)74(65(55)44-48)51-26-11-4-12-27-51)52-31-19-35-64-66(52)56-30-15-18-34-61(56)73(64)50-24-9-3-10-25-50/h1-30,32-44,52H,31H2. The summed E-state index contributed by atoms with van der Waals surface area (Å²) in [5.41, 5.74) is 18.0. The van der Waals surface area contributed by atoms with E-state index >= 15 is 0 Å². The molecule has 6 nitrogen and oxygen atoms in total. The van der Waals surface area contributed by atoms with Crippen LogP contribution in [0.25, 0.3) is 123 Å². The lowest BCUT2D eigenvalue weighted by Gasteiger charge is -2.22. The van der Waals surface area contributed by atoms with Gasteiger partial charge in [0.2, 0.25) is 0 Å². The highest BCUT2D eigenvalue weighted by Gasteiger charge is 2.28. The van der Waals surface area contributed by atoms with E-state index in [9.17, 15) is 0 Å². The molecule has 0 bridgehead atoms. The first kappa shape index (κ1) is 42.7. The van der Waals surface area contributed by atoms with E-state index in [2.05, 4.69) is 238 Å². The molecule has 4 heterocycles. The zero-order valence-corrected chi connectivity index (χ0v) is 40.8. The third-order valence-electron chi connectivity index (χ3n) is 15.3. The van der Waals surface area contributed by atoms with Crippen LogP contribution in [0.15, 0.2) is 255 Å². The molecule has 6 heteroatoms. The highest BCUT2D eigenvalue weighted by Crippen LogP contribution is 2.46. The van der Waals surface area contributed by atoms with E-state index in [4.69, 9.17) is 15.0 Å². The molecule has 75 heavy (non-hydrogen) atoms. The first-order valence-corrected chi connectivity index (χ1v) is 25.7. The summed E-state index contributed by atoms with van der Waals surface area (Å²) in [7, 11) is 0. The number of rotatable bonds is 8. The van der Waals surface area contributed by atoms with Gasteiger partial charge in [0.15, 0.2) is 17.5 Å². The maximum Gasteiger partial charge on any atom is 0.164 e. The van der Waals surface area contributed by atoms with Gasteiger partial charge < -0.3 is 13.7 Å². The molecule has 4 aromatic heterocycles. The van der Waals surface area contributed by atoms with Crippen LogP contribution in [0.4, 0.5) is 0 Å². The third kappa shape index (κ3) is 6.98. The number of hydrogen-bond donors (Lipinski definition) is 0. The Morgan fingerprint density at radius 1 is 0.333 bits per heavy atom. The van der Waals surface area contributed by atoms with E-state index in [0.717, 1.165) is 62.2 Å². The van der Waals surface area contributed by atoms with Crippen LogP contribution in [0.5, 0.6) is 0 Å². The van der Waals surface area contributed by atoms with Crippen LogP contribution < -0.4 is 0 Å². The van der Waals surface area contributed by atoms with Crippen LogP contribution in [0.2, 0.25) is 0 Å². The summed E-state index contributed by atoms with van der Waals surface area (Å²) in [5, 5.41) is 6.14. The third-order valence-corrected chi connectivity index (χ3v) is 15.3. The van der Waals surface area contributed by atoms with Crippen LogP contribution in [0.3, 0.4) is 0 Å². The van der Waals surface area contributed by atoms with Crippen molar-refractivity contribution in [3.05, 3.63) is 272 Å². The van der Waals surface area contributed by atoms with E-state index in [1.54, 1.807) is 0 Å². The fraction of sp³-hybridized carbons (Fsp3) is 0.0290. The van der Waals surface area contributed by atoms with Gasteiger partial charge in [-0.2, -0.15) is 0 Å². The molecule has 0 N–H and O–H groups in total. The van der Waals surface area contributed by atoms with Crippen LogP contribution in [-0.4, -0.2) is 28.7 Å². The van der Waals surface area contributed by atoms with Gasteiger partial charge in [0.25, 0.3) is 0 Å². The topological polar surface area (TPSA) is 53.5 Å². The zero-order chi connectivity index (χ0) is 49.4. The number of allylic oxidation sites excluding steroid dienone is 1. The SMILES string of the molecule is C1=Cc2c(c3ccccc3n2-c2ccccc2)C(c2ccc3c(c2)c2ccc(-c4cc(-c5nc(-c6ccccc6)nc(-c6ccccc6)n5)ccc4-n4c5ccccc5c5ccccc54)cc2n3-c2ccccc2)C1. The molecule has 0 amide bonds. The number of fused-ring (bicyclic) bond motifs is 9. The van der Waals surface area contributed by atoms with Crippen molar-refractivity contribution >= 4 is 60.6 Å². The van der Waals surface area contributed by atoms with Gasteiger partial charge in [-0.25, -0.2) is 15.0 Å². The Labute approximate surface area is 433 Å². The molecule has 10 aromatic carbocycles. The second-order valence-corrected chi connectivity index (χ2v) is 19.5. The molecule has 1 unspecified atom stereocenters. The number of hydrogen-bond acceptors (Lipinski definition) is 3. The van der Waals surface area contributed by atoms with Crippen LogP contribution in [0, 0.1) is 0 Å². The Morgan fingerprint density at radius 2 is 0.827 bits per heavy atom. The lowest BCUT2D eigenvalue weighted by Crippen LogP contribution is -2.07. The van der Waals surface area contributed by atoms with Crippen LogP contribution in [0.1, 0.15) is 29.2 Å². The average Bonchev–Trinajstić information content (AvgIpc) is 4.18. The van der Waals surface area contributed by atoms with Crippen LogP contribution >= 0.6 is 0 Å². The Kier molecular flexibility index (Phi) is 9.91. The fourth-order valence-corrected chi connectivity index (χ4v) is 11.9. The molecule has 0 spiro atoms. The summed E-state index contributed by atoms with van der Waals surface area (Å²) in [6.07, 6.45) is 5.61. The molecule has 15 rings (SSSR count). The second-order valence-electron chi connectivity index (χ2n) is 19.5. The van der Waals surface area contributed by atoms with Gasteiger partial charge in [-0.3, -0.25) is 0 Å². The molecule has 352 valence electrons. The van der Waals surface area contributed by atoms with Gasteiger partial charge >= 0.3 is 0 Å². The minimum absolute atomic E-state index is 0.176. The van der Waals surface area contributed by atoms with Crippen molar-refractivity contribution < 1.29 is 0 Å². The fourth-order valence-electron chi connectivity index (χ4n) is 11.9. The number of nitrogens with zero attached hydrogens (tertiary/aromatic N) is 6. The van der Waals surface area contributed by atoms with Crippen LogP contribution in [-0.2, 0) is 0 Å². The maximum atomic E-state index is 5.21. The summed E-state index contributed by atoms with van der Waals surface area (Å²) < 4.78 is 7.30. The highest BCUT2D eigenvalue weighted by atomic mass is 15.0. The van der Waals surface area contributed by atoms with E-state index in [0.29, 0.717) is 17.5 Å². The molecule has 0 saturated carbocycles. The van der Waals surface area contributed by atoms with Gasteiger partial charge in [-0.1, -0.05) is 176 Å². The number of benzene rings is 10. The van der Waals surface area contributed by atoms with Crippen molar-refractivity contribution in [1.29, 1.82) is 0 Å². The van der Waals surface area contributed by atoms with Crippen molar-refractivity contribution in [2.24, 2.45) is 0 Å². The zero-order valence-electron chi connectivity index (χ0n) is 40.8. The Bertz CT molecular complexity index is 4440. The monoisotopic (exact) mass is 958 g/mol. The average molecular weight is 959 g/mol. The molecule has 14 aromatic rings. The van der Waals surface area contributed by atoms with E-state index < -0.39 is 0 Å². The largest absolute Gasteiger partial charge is 0.310 e. The van der Waals surface area contributed by atoms with E-state index in [1.807, 2.05) is 36.4 Å². The molecule has 0 fully saturated rings. The van der Waals surface area contributed by atoms with Gasteiger partial charge in [0, 0.05) is 66.5 Å². The smallest absolute Gasteiger partial charge is 0.164 e. The molecule has 1 aliphatic rings. The van der Waals surface area contributed by atoms with Gasteiger partial charge in [-0.05, 0) is 108 Å². The molecular formula is C69H46N6. The molecule has 0 aliphatic heterocycles. The van der Waals surface area contributed by atoms with E-state index in [-0.39, 0.29) is 5.92 Å². The summed E-state index contributed by atoms with van der Waals surface area (Å²) in [4.78, 5) is 15.5. The van der Waals surface area contributed by atoms with Crippen molar-refractivity contribution in [1.82, 2.24) is 28.7 Å². The first-order chi connectivity index (χ1) is 37.2. The normalized spacial score (nSPS) is 13.4. The van der Waals surface area contributed by atoms with Crippen molar-refractivity contribution in [3.8, 4) is 62.4 Å². The quantitative estimate of drug-likeness (QED) is 0.152. The Morgan fingerprint density at radius 3 is 1.45 bits per heavy atom. The Balaban J connectivity index is 0.957. The summed E-state index contributed by atoms with van der Waals surface area (Å²) in [6, 6.07) is 89.3. The maximum absolute atomic E-state index is 5.21. The van der Waals surface area contributed by atoms with Gasteiger partial charge in [-0.15, -0.1) is 0 Å². The lowest BCUT2D eigenvalue weighted by atomic mass is 9.83. The number of para-hydroxylation sites is 5. The molecule has 0 saturated heterocycles. The first-order valence-electron chi connectivity index (χ1n) is 25.7. The predicted octanol–water partition coefficient (Wildman–Crippen LogP) is 17.2. The van der Waals surface area contributed by atoms with Crippen molar-refractivity contribution in [2.75, 3.05) is 0 Å². The summed E-state index contributed by atoms with van der Waals surface area (Å²) >= 11 is 0. The molecule has 1 aliphatic carbocycles. The highest BCUT2D eigenvalue weighted by molar-refractivity contribution is 6.12. The minimum atomic E-state index is 0.176.